The van der Waals surface area contributed by atoms with Gasteiger partial charge in [-0.05, 0) is 59.5 Å². The first kappa shape index (κ1) is 34.4. The molecule has 16 heteroatoms. The molecule has 0 aliphatic heterocycles. The largest absolute Gasteiger partial charge is 0.573 e. The molecule has 0 unspecified atom stereocenters. The van der Waals surface area contributed by atoms with E-state index in [1.165, 1.54) is 12.1 Å². The number of sulfonamides is 1. The maximum Gasteiger partial charge on any atom is 0.573 e. The zero-order chi connectivity index (χ0) is 33.8. The van der Waals surface area contributed by atoms with Crippen LogP contribution in [-0.4, -0.2) is 34.0 Å². The van der Waals surface area contributed by atoms with Crippen LogP contribution in [0.4, 0.5) is 39.5 Å². The maximum atomic E-state index is 13.5. The normalized spacial score (nSPS) is 12.9. The molecule has 1 N–H and O–H groups in total. The SMILES string of the molecule is O=S(=O)(NCC(Cc1ccccc1)(c1cccc(OC(F)(F)F)c1)c1cccc(OC(F)(F)F)c1)c1ccccc1OC(F)(F)F. The molecule has 4 aromatic carbocycles. The third-order valence-electron chi connectivity index (χ3n) is 6.52. The molecule has 0 radical (unpaired) electrons. The van der Waals surface area contributed by atoms with E-state index < -0.39 is 63.2 Å². The van der Waals surface area contributed by atoms with Gasteiger partial charge in [0, 0.05) is 12.0 Å². The summed E-state index contributed by atoms with van der Waals surface area (Å²) in [6, 6.07) is 20.5. The quantitative estimate of drug-likeness (QED) is 0.163. The molecular weight excluding hydrogens is 657 g/mol. The second-order valence-corrected chi connectivity index (χ2v) is 11.5. The third-order valence-corrected chi connectivity index (χ3v) is 7.96. The van der Waals surface area contributed by atoms with Crippen molar-refractivity contribution in [2.24, 2.45) is 0 Å². The first-order valence-electron chi connectivity index (χ1n) is 13.0. The summed E-state index contributed by atoms with van der Waals surface area (Å²) in [4.78, 5) is -0.927. The summed E-state index contributed by atoms with van der Waals surface area (Å²) in [6.45, 7) is -0.782. The second kappa shape index (κ2) is 13.1. The Morgan fingerprint density at radius 2 is 1.04 bits per heavy atom. The number of alkyl halides is 9. The van der Waals surface area contributed by atoms with Gasteiger partial charge in [0.25, 0.3) is 0 Å². The van der Waals surface area contributed by atoms with Gasteiger partial charge in [-0.2, -0.15) is 0 Å². The van der Waals surface area contributed by atoms with E-state index in [9.17, 15) is 47.9 Å². The molecule has 0 saturated heterocycles. The van der Waals surface area contributed by atoms with Crippen LogP contribution in [0.2, 0.25) is 0 Å². The molecule has 0 spiro atoms. The molecule has 0 fully saturated rings. The molecule has 0 aliphatic carbocycles. The molecule has 6 nitrogen and oxygen atoms in total. The Morgan fingerprint density at radius 3 is 1.54 bits per heavy atom. The number of nitrogens with one attached hydrogen (secondary N) is 1. The summed E-state index contributed by atoms with van der Waals surface area (Å²) < 4.78 is 159. The molecule has 0 bridgehead atoms. The molecule has 246 valence electrons. The van der Waals surface area contributed by atoms with Gasteiger partial charge in [-0.25, -0.2) is 13.1 Å². The van der Waals surface area contributed by atoms with Crippen LogP contribution in [0.5, 0.6) is 17.2 Å². The molecular formula is C30H22F9NO5S. The minimum atomic E-state index is -5.26. The van der Waals surface area contributed by atoms with E-state index in [1.54, 1.807) is 30.3 Å². The Kier molecular flexibility index (Phi) is 9.82. The highest BCUT2D eigenvalue weighted by Gasteiger charge is 2.40. The van der Waals surface area contributed by atoms with Crippen LogP contribution < -0.4 is 18.9 Å². The number of halogens is 9. The van der Waals surface area contributed by atoms with Crippen LogP contribution >= 0.6 is 0 Å². The summed E-state index contributed by atoms with van der Waals surface area (Å²) in [7, 11) is -4.88. The summed E-state index contributed by atoms with van der Waals surface area (Å²) in [5, 5.41) is 0. The summed E-state index contributed by atoms with van der Waals surface area (Å²) in [5.74, 6) is -2.52. The monoisotopic (exact) mass is 679 g/mol. The van der Waals surface area contributed by atoms with Gasteiger partial charge >= 0.3 is 19.1 Å². The molecule has 4 aromatic rings. The molecule has 0 heterocycles. The molecule has 0 atom stereocenters. The predicted molar refractivity (Wildman–Crippen MR) is 145 cm³/mol. The lowest BCUT2D eigenvalue weighted by atomic mass is 9.70. The van der Waals surface area contributed by atoms with Crippen molar-refractivity contribution >= 4 is 10.0 Å². The van der Waals surface area contributed by atoms with Crippen molar-refractivity contribution in [1.29, 1.82) is 0 Å². The van der Waals surface area contributed by atoms with Crippen LogP contribution in [-0.2, 0) is 21.9 Å². The Bertz CT molecular complexity index is 1680. The van der Waals surface area contributed by atoms with Gasteiger partial charge in [-0.15, -0.1) is 39.5 Å². The molecule has 0 saturated carbocycles. The minimum Gasteiger partial charge on any atom is -0.406 e. The number of para-hydroxylation sites is 1. The maximum absolute atomic E-state index is 13.5. The lowest BCUT2D eigenvalue weighted by molar-refractivity contribution is -0.276. The van der Waals surface area contributed by atoms with E-state index in [2.05, 4.69) is 18.9 Å². The fraction of sp³-hybridized carbons (Fsp3) is 0.200. The topological polar surface area (TPSA) is 73.9 Å². The number of rotatable bonds is 11. The first-order chi connectivity index (χ1) is 21.4. The number of hydrogen-bond acceptors (Lipinski definition) is 5. The standard InChI is InChI=1S/C30H22F9NO5S/c31-28(32,33)43-23-12-6-10-21(16-23)27(18-20-8-2-1-3-9-20,22-11-7-13-24(17-22)44-29(34,35)36)19-40-46(41,42)26-15-5-4-14-25(26)45-30(37,38)39/h1-17,40H,18-19H2. The average Bonchev–Trinajstić information content (AvgIpc) is 2.94. The highest BCUT2D eigenvalue weighted by molar-refractivity contribution is 7.89. The van der Waals surface area contributed by atoms with Gasteiger partial charge in [-0.3, -0.25) is 0 Å². The second-order valence-electron chi connectivity index (χ2n) is 9.71. The van der Waals surface area contributed by atoms with Crippen molar-refractivity contribution in [2.45, 2.75) is 35.8 Å². The average molecular weight is 680 g/mol. The molecule has 0 amide bonds. The van der Waals surface area contributed by atoms with Crippen molar-refractivity contribution in [3.63, 3.8) is 0 Å². The van der Waals surface area contributed by atoms with Crippen molar-refractivity contribution in [1.82, 2.24) is 4.72 Å². The highest BCUT2D eigenvalue weighted by Crippen LogP contribution is 2.40. The third kappa shape index (κ3) is 9.29. The summed E-state index contributed by atoms with van der Waals surface area (Å²) >= 11 is 0. The van der Waals surface area contributed by atoms with E-state index in [4.69, 9.17) is 0 Å². The fourth-order valence-corrected chi connectivity index (χ4v) is 5.96. The number of benzene rings is 4. The van der Waals surface area contributed by atoms with Crippen LogP contribution in [0.1, 0.15) is 16.7 Å². The molecule has 0 aliphatic rings. The van der Waals surface area contributed by atoms with Crippen LogP contribution in [0.25, 0.3) is 0 Å². The van der Waals surface area contributed by atoms with Crippen molar-refractivity contribution < 1.29 is 62.1 Å². The van der Waals surface area contributed by atoms with Crippen molar-refractivity contribution in [2.75, 3.05) is 6.54 Å². The van der Waals surface area contributed by atoms with Gasteiger partial charge in [-0.1, -0.05) is 66.7 Å². The Labute approximate surface area is 256 Å². The Hall–Kier alpha value is -4.44. The van der Waals surface area contributed by atoms with Gasteiger partial charge in [0.05, 0.1) is 0 Å². The van der Waals surface area contributed by atoms with Gasteiger partial charge < -0.3 is 14.2 Å². The summed E-state index contributed by atoms with van der Waals surface area (Å²) in [6.07, 6.45) is -15.8. The van der Waals surface area contributed by atoms with Gasteiger partial charge in [0.1, 0.15) is 22.1 Å². The van der Waals surface area contributed by atoms with Gasteiger partial charge in [0.2, 0.25) is 10.0 Å². The van der Waals surface area contributed by atoms with E-state index >= 15 is 0 Å². The molecule has 4 rings (SSSR count). The molecule has 0 aromatic heterocycles. The zero-order valence-electron chi connectivity index (χ0n) is 23.1. The van der Waals surface area contributed by atoms with E-state index in [-0.39, 0.29) is 17.5 Å². The van der Waals surface area contributed by atoms with E-state index in [1.807, 2.05) is 0 Å². The number of ether oxygens (including phenoxy) is 3. The van der Waals surface area contributed by atoms with E-state index in [0.717, 1.165) is 60.7 Å². The lowest BCUT2D eigenvalue weighted by Gasteiger charge is -2.36. The molecule has 46 heavy (non-hydrogen) atoms. The fourth-order valence-electron chi connectivity index (χ4n) is 4.74. The highest BCUT2D eigenvalue weighted by atomic mass is 32.2. The Balaban J connectivity index is 1.92. The van der Waals surface area contributed by atoms with Crippen molar-refractivity contribution in [3.8, 4) is 17.2 Å². The Morgan fingerprint density at radius 1 is 0.565 bits per heavy atom. The van der Waals surface area contributed by atoms with Crippen molar-refractivity contribution in [3.05, 3.63) is 120 Å². The minimum absolute atomic E-state index is 0.0511. The number of hydrogen-bond donors (Lipinski definition) is 1. The van der Waals surface area contributed by atoms with Crippen LogP contribution in [0, 0.1) is 0 Å². The van der Waals surface area contributed by atoms with Crippen LogP contribution in [0.15, 0.2) is 108 Å². The lowest BCUT2D eigenvalue weighted by Crippen LogP contribution is -2.43. The van der Waals surface area contributed by atoms with Crippen LogP contribution in [0.3, 0.4) is 0 Å². The zero-order valence-corrected chi connectivity index (χ0v) is 23.9. The first-order valence-corrected chi connectivity index (χ1v) is 14.4. The summed E-state index contributed by atoms with van der Waals surface area (Å²) in [5.41, 5.74) is -1.45. The smallest absolute Gasteiger partial charge is 0.406 e. The predicted octanol–water partition coefficient (Wildman–Crippen LogP) is 7.89. The van der Waals surface area contributed by atoms with Gasteiger partial charge in [0.15, 0.2) is 0 Å². The van der Waals surface area contributed by atoms with E-state index in [0.29, 0.717) is 5.56 Å².